The van der Waals surface area contributed by atoms with E-state index in [9.17, 15) is 20.0 Å². The molecule has 214 valence electrons. The van der Waals surface area contributed by atoms with Crippen molar-refractivity contribution in [1.82, 2.24) is 19.8 Å². The zero-order valence-corrected chi connectivity index (χ0v) is 23.2. The van der Waals surface area contributed by atoms with Gasteiger partial charge in [-0.1, -0.05) is 30.3 Å². The van der Waals surface area contributed by atoms with Crippen LogP contribution in [-0.2, 0) is 0 Å². The highest BCUT2D eigenvalue weighted by atomic mass is 16.5. The van der Waals surface area contributed by atoms with Crippen LogP contribution in [0.4, 0.5) is 22.0 Å². The second kappa shape index (κ2) is 11.9. The van der Waals surface area contributed by atoms with Crippen molar-refractivity contribution in [3.8, 4) is 12.1 Å². The first-order valence-electron chi connectivity index (χ1n) is 13.7. The third-order valence-electron chi connectivity index (χ3n) is 7.91. The first kappa shape index (κ1) is 27.9. The third kappa shape index (κ3) is 5.81. The van der Waals surface area contributed by atoms with Crippen LogP contribution in [0.5, 0.6) is 6.01 Å². The van der Waals surface area contributed by atoms with Crippen molar-refractivity contribution in [1.29, 1.82) is 5.26 Å². The van der Waals surface area contributed by atoms with Crippen LogP contribution in [-0.4, -0.2) is 88.8 Å². The second-order valence-corrected chi connectivity index (χ2v) is 10.6. The lowest BCUT2D eigenvalue weighted by atomic mass is 10.0. The summed E-state index contributed by atoms with van der Waals surface area (Å²) >= 11 is 0. The maximum absolute atomic E-state index is 13.7. The van der Waals surface area contributed by atoms with Crippen molar-refractivity contribution in [3.05, 3.63) is 47.7 Å². The van der Waals surface area contributed by atoms with Gasteiger partial charge in [0.15, 0.2) is 11.5 Å². The third-order valence-corrected chi connectivity index (χ3v) is 7.91. The Labute approximate surface area is 238 Å². The number of fused-ring (bicyclic) bond motifs is 1. The quantitative estimate of drug-likeness (QED) is 0.392. The normalized spacial score (nSPS) is 19.2. The molecule has 2 aromatic carbocycles. The summed E-state index contributed by atoms with van der Waals surface area (Å²) in [6.07, 6.45) is 0.985. The molecule has 0 radical (unpaired) electrons. The van der Waals surface area contributed by atoms with Crippen molar-refractivity contribution in [3.63, 3.8) is 0 Å². The first-order valence-corrected chi connectivity index (χ1v) is 13.7. The van der Waals surface area contributed by atoms with Crippen molar-refractivity contribution < 1.29 is 19.4 Å². The molecule has 3 heterocycles. The number of likely N-dealkylation sites (tertiary alicyclic amines) is 1. The molecule has 12 nitrogen and oxygen atoms in total. The average molecular weight is 559 g/mol. The fourth-order valence-corrected chi connectivity index (χ4v) is 5.67. The van der Waals surface area contributed by atoms with Gasteiger partial charge in [0.1, 0.15) is 12.3 Å². The Morgan fingerprint density at radius 3 is 2.66 bits per heavy atom. The van der Waals surface area contributed by atoms with E-state index in [1.807, 2.05) is 50.4 Å². The van der Waals surface area contributed by atoms with Gasteiger partial charge in [0.2, 0.25) is 0 Å². The summed E-state index contributed by atoms with van der Waals surface area (Å²) in [5.41, 5.74) is 8.22. The zero-order chi connectivity index (χ0) is 29.1. The first-order chi connectivity index (χ1) is 19.8. The Balaban J connectivity index is 1.49. The van der Waals surface area contributed by atoms with Crippen molar-refractivity contribution in [2.24, 2.45) is 0 Å². The number of anilines is 3. The Morgan fingerprint density at radius 2 is 1.95 bits per heavy atom. The van der Waals surface area contributed by atoms with E-state index < -0.39 is 18.0 Å². The van der Waals surface area contributed by atoms with E-state index in [1.54, 1.807) is 4.90 Å². The van der Waals surface area contributed by atoms with Crippen molar-refractivity contribution in [2.75, 3.05) is 55.8 Å². The number of piperazine rings is 1. The van der Waals surface area contributed by atoms with Crippen LogP contribution in [0, 0.1) is 18.3 Å². The highest BCUT2D eigenvalue weighted by Gasteiger charge is 2.33. The number of carbonyl (C=O) groups is 2. The summed E-state index contributed by atoms with van der Waals surface area (Å²) in [4.78, 5) is 39.7. The average Bonchev–Trinajstić information content (AvgIpc) is 3.37. The number of aryl methyl sites for hydroxylation is 1. The number of nitrogen functional groups attached to an aromatic ring is 1. The molecule has 12 heteroatoms. The van der Waals surface area contributed by atoms with Gasteiger partial charge in [-0.3, -0.25) is 4.79 Å². The predicted molar refractivity (Wildman–Crippen MR) is 155 cm³/mol. The molecule has 0 unspecified atom stereocenters. The number of nitrogens with one attached hydrogen (secondary N) is 1. The Kier molecular flexibility index (Phi) is 8.07. The lowest BCUT2D eigenvalue weighted by Gasteiger charge is -2.40. The number of nitrogens with two attached hydrogens (primary N) is 1. The van der Waals surface area contributed by atoms with Gasteiger partial charge in [-0.2, -0.15) is 15.2 Å². The monoisotopic (exact) mass is 558 g/mol. The molecular formula is C29H34N8O4. The fraction of sp³-hybridized carbons (Fsp3) is 0.414. The molecule has 4 N–H and O–H groups in total. The topological polar surface area (TPSA) is 161 Å². The summed E-state index contributed by atoms with van der Waals surface area (Å²) in [6, 6.07) is 13.3. The molecule has 2 fully saturated rings. The number of carboxylic acid groups (broad SMARTS) is 1. The number of rotatable bonds is 7. The van der Waals surface area contributed by atoms with Gasteiger partial charge >= 0.3 is 12.1 Å². The zero-order valence-electron chi connectivity index (χ0n) is 23.2. The summed E-state index contributed by atoms with van der Waals surface area (Å²) < 4.78 is 6.03. The summed E-state index contributed by atoms with van der Waals surface area (Å²) in [7, 11) is 2.04. The molecule has 0 spiro atoms. The summed E-state index contributed by atoms with van der Waals surface area (Å²) in [5.74, 6) is -0.232. The van der Waals surface area contributed by atoms with Crippen LogP contribution in [0.15, 0.2) is 36.4 Å². The number of likely N-dealkylation sites (N-methyl/N-ethyl adjacent to an activating group) is 1. The predicted octanol–water partition coefficient (Wildman–Crippen LogP) is 3.33. The van der Waals surface area contributed by atoms with Gasteiger partial charge < -0.3 is 35.6 Å². The molecule has 0 aliphatic carbocycles. The van der Waals surface area contributed by atoms with Crippen LogP contribution in [0.3, 0.4) is 0 Å². The van der Waals surface area contributed by atoms with Gasteiger partial charge in [0.25, 0.3) is 5.91 Å². The van der Waals surface area contributed by atoms with E-state index in [-0.39, 0.29) is 55.3 Å². The number of carbonyl (C=O) groups excluding carboxylic acids is 1. The van der Waals surface area contributed by atoms with Gasteiger partial charge in [-0.05, 0) is 50.4 Å². The van der Waals surface area contributed by atoms with Gasteiger partial charge in [0, 0.05) is 36.7 Å². The van der Waals surface area contributed by atoms with Crippen molar-refractivity contribution >= 4 is 40.0 Å². The number of hydrogen-bond acceptors (Lipinski definition) is 9. The molecule has 2 saturated heterocycles. The van der Waals surface area contributed by atoms with Crippen molar-refractivity contribution in [2.45, 2.75) is 38.3 Å². The highest BCUT2D eigenvalue weighted by Crippen LogP contribution is 2.31. The lowest BCUT2D eigenvalue weighted by Crippen LogP contribution is -2.55. The maximum atomic E-state index is 13.7. The summed E-state index contributed by atoms with van der Waals surface area (Å²) in [5, 5.41) is 23.8. The Hall–Kier alpha value is -4.63. The molecular weight excluding hydrogens is 524 g/mol. The molecule has 0 bridgehead atoms. The van der Waals surface area contributed by atoms with Crippen LogP contribution < -0.4 is 20.7 Å². The number of amides is 2. The molecule has 1 aromatic heterocycles. The number of ether oxygens (including phenoxy) is 1. The number of hydrogen-bond donors (Lipinski definition) is 3. The minimum Gasteiger partial charge on any atom is -0.465 e. The lowest BCUT2D eigenvalue weighted by molar-refractivity contribution is 0.102. The molecule has 5 rings (SSSR count). The molecule has 2 aliphatic heterocycles. The number of aromatic nitrogens is 2. The van der Waals surface area contributed by atoms with Crippen LogP contribution in [0.1, 0.15) is 35.3 Å². The van der Waals surface area contributed by atoms with Crippen LogP contribution in [0.2, 0.25) is 0 Å². The van der Waals surface area contributed by atoms with Gasteiger partial charge in [-0.25, -0.2) is 4.79 Å². The number of nitrogens with zero attached hydrogens (tertiary/aromatic N) is 6. The second-order valence-electron chi connectivity index (χ2n) is 10.6. The smallest absolute Gasteiger partial charge is 0.407 e. The molecule has 3 aromatic rings. The largest absolute Gasteiger partial charge is 0.465 e. The molecule has 2 aliphatic rings. The van der Waals surface area contributed by atoms with E-state index in [2.05, 4.69) is 26.3 Å². The summed E-state index contributed by atoms with van der Waals surface area (Å²) in [6.45, 7) is 3.95. The fourth-order valence-electron chi connectivity index (χ4n) is 5.67. The van der Waals surface area contributed by atoms with E-state index >= 15 is 0 Å². The Morgan fingerprint density at radius 1 is 1.17 bits per heavy atom. The molecule has 2 amide bonds. The molecule has 2 atom stereocenters. The maximum Gasteiger partial charge on any atom is 0.407 e. The van der Waals surface area contributed by atoms with E-state index in [0.29, 0.717) is 12.3 Å². The Bertz CT molecular complexity index is 1500. The van der Waals surface area contributed by atoms with Crippen LogP contribution in [0.25, 0.3) is 10.8 Å². The minimum atomic E-state index is -1.09. The van der Waals surface area contributed by atoms with Gasteiger partial charge in [0.05, 0.1) is 18.5 Å². The van der Waals surface area contributed by atoms with E-state index in [0.717, 1.165) is 35.7 Å². The highest BCUT2D eigenvalue weighted by molar-refractivity contribution is 6.11. The van der Waals surface area contributed by atoms with E-state index in [1.165, 1.54) is 4.90 Å². The standard InChI is InChI=1S/C29H34N8O4/c1-18-6-3-7-19-8-4-10-22(23(18)19)32-27(38)25-24(31)26(34-28(33-25)41-17-21-9-5-13-35(21)2)36-14-15-37(29(39)40)20(16-36)11-12-30/h3-4,6-8,10,20-21H,5,9,11,13-17,31H2,1-2H3,(H,32,38)(H,39,40)/t20-,21-/m0/s1. The molecule has 0 saturated carbocycles. The minimum absolute atomic E-state index is 0.0128. The van der Waals surface area contributed by atoms with Gasteiger partial charge in [-0.15, -0.1) is 0 Å². The SMILES string of the molecule is Cc1cccc2cccc(NC(=O)c3nc(OC[C@@H]4CCCN4C)nc(N4CCN(C(=O)O)[C@@H](CC#N)C4)c3N)c12. The number of nitriles is 1. The number of benzene rings is 2. The van der Waals surface area contributed by atoms with Crippen LogP contribution >= 0.6 is 0 Å². The van der Waals surface area contributed by atoms with E-state index in [4.69, 9.17) is 10.5 Å². The molecule has 41 heavy (non-hydrogen) atoms.